The zero-order chi connectivity index (χ0) is 40.0. The number of carbonyl (C=O) groups is 3. The third-order valence-electron chi connectivity index (χ3n) is 12.5. The highest BCUT2D eigenvalue weighted by Crippen LogP contribution is 2.36. The number of rotatable bonds is 10. The predicted octanol–water partition coefficient (Wildman–Crippen LogP) is 4.87. The number of aryl methyl sites for hydroxylation is 1. The molecule has 2 aliphatic heterocycles. The highest BCUT2D eigenvalue weighted by molar-refractivity contribution is 6.04. The van der Waals surface area contributed by atoms with Crippen molar-refractivity contribution in [3.8, 4) is 0 Å². The molecule has 0 radical (unpaired) electrons. The van der Waals surface area contributed by atoms with Crippen molar-refractivity contribution in [3.05, 3.63) is 88.2 Å². The number of amides is 3. The molecule has 0 bridgehead atoms. The summed E-state index contributed by atoms with van der Waals surface area (Å²) in [4.78, 5) is 60.0. The molecule has 1 unspecified atom stereocenters. The van der Waals surface area contributed by atoms with Gasteiger partial charge in [-0.3, -0.25) is 43.4 Å². The first-order valence-corrected chi connectivity index (χ1v) is 20.3. The third-order valence-corrected chi connectivity index (χ3v) is 12.5. The summed E-state index contributed by atoms with van der Waals surface area (Å²) in [7, 11) is 4.03. The van der Waals surface area contributed by atoms with Gasteiger partial charge in [0.05, 0.1) is 28.2 Å². The van der Waals surface area contributed by atoms with Crippen molar-refractivity contribution in [3.63, 3.8) is 0 Å². The normalized spacial score (nSPS) is 21.4. The molecule has 3 aromatic heterocycles. The molecule has 300 valence electrons. The van der Waals surface area contributed by atoms with E-state index >= 15 is 0 Å². The van der Waals surface area contributed by atoms with Gasteiger partial charge in [0.1, 0.15) is 11.7 Å². The molecule has 2 saturated heterocycles. The monoisotopic (exact) mass is 775 g/mol. The van der Waals surface area contributed by atoms with E-state index in [0.717, 1.165) is 92.2 Å². The van der Waals surface area contributed by atoms with Crippen molar-refractivity contribution in [1.82, 2.24) is 39.0 Å². The summed E-state index contributed by atoms with van der Waals surface area (Å²) < 4.78 is 5.29. The minimum absolute atomic E-state index is 0.220. The van der Waals surface area contributed by atoms with Gasteiger partial charge in [-0.25, -0.2) is 4.79 Å². The molecule has 1 saturated carbocycles. The standard InChI is InChI=1S/C43H53N9O5/c1-43(2,57)32-23-34-29(22-35(32)45-40(54)33-9-5-6-19-44-33)26-51(47-34)31-13-11-27(12-14-31)24-48(3)30-17-20-50(21-18-30)25-28-8-7-10-36-39(28)49(4)42(56)52(36)37-15-16-38(53)46-41(37)55/h5-10,19,22-23,26-27,30-31,37,57H,11-18,20-21,24-25H2,1-4H3,(H,45,54)(H,46,53,55). The topological polar surface area (TPSA) is 160 Å². The van der Waals surface area contributed by atoms with Crippen LogP contribution in [0.25, 0.3) is 21.9 Å². The number of benzene rings is 2. The Bertz CT molecular complexity index is 2360. The quantitative estimate of drug-likeness (QED) is 0.168. The second kappa shape index (κ2) is 15.6. The van der Waals surface area contributed by atoms with E-state index in [2.05, 4.69) is 49.4 Å². The van der Waals surface area contributed by atoms with E-state index in [1.54, 1.807) is 54.4 Å². The molecule has 3 aliphatic rings. The molecule has 14 heteroatoms. The van der Waals surface area contributed by atoms with Crippen molar-refractivity contribution >= 4 is 45.3 Å². The number of piperidine rings is 2. The number of likely N-dealkylation sites (tertiary alicyclic amines) is 1. The summed E-state index contributed by atoms with van der Waals surface area (Å²) in [6.45, 7) is 7.16. The molecule has 8 rings (SSSR count). The van der Waals surface area contributed by atoms with Gasteiger partial charge in [-0.2, -0.15) is 5.10 Å². The molecule has 2 aromatic carbocycles. The number of fused-ring (bicyclic) bond motifs is 2. The van der Waals surface area contributed by atoms with Crippen LogP contribution in [0.3, 0.4) is 0 Å². The Morgan fingerprint density at radius 1 is 1.00 bits per heavy atom. The Labute approximate surface area is 331 Å². The summed E-state index contributed by atoms with van der Waals surface area (Å²) in [5, 5.41) is 22.2. The van der Waals surface area contributed by atoms with Gasteiger partial charge in [-0.15, -0.1) is 0 Å². The van der Waals surface area contributed by atoms with Crippen LogP contribution in [0.4, 0.5) is 5.69 Å². The third kappa shape index (κ3) is 7.90. The molecular formula is C43H53N9O5. The minimum Gasteiger partial charge on any atom is -0.386 e. The Morgan fingerprint density at radius 2 is 1.77 bits per heavy atom. The number of imidazole rings is 1. The SMILES string of the molecule is CN(CC1CCC(n2cc3cc(NC(=O)c4ccccn4)c(C(C)(C)O)cc3n2)CC1)C1CCN(Cc2cccc3c2n(C)c(=O)n3C2CCC(=O)NC2=O)CC1. The maximum Gasteiger partial charge on any atom is 0.329 e. The molecule has 1 atom stereocenters. The number of aliphatic hydroxyl groups is 1. The van der Waals surface area contributed by atoms with Crippen LogP contribution in [-0.4, -0.2) is 89.3 Å². The van der Waals surface area contributed by atoms with Crippen LogP contribution in [0.5, 0.6) is 0 Å². The fourth-order valence-electron chi connectivity index (χ4n) is 9.36. The summed E-state index contributed by atoms with van der Waals surface area (Å²) in [5.41, 5.74) is 3.48. The molecule has 3 N–H and O–H groups in total. The van der Waals surface area contributed by atoms with E-state index in [1.807, 2.05) is 24.3 Å². The maximum absolute atomic E-state index is 13.4. The van der Waals surface area contributed by atoms with Crippen molar-refractivity contribution in [2.24, 2.45) is 13.0 Å². The summed E-state index contributed by atoms with van der Waals surface area (Å²) in [6.07, 6.45) is 10.7. The van der Waals surface area contributed by atoms with Crippen LogP contribution in [-0.2, 0) is 28.8 Å². The van der Waals surface area contributed by atoms with Crippen molar-refractivity contribution in [1.29, 1.82) is 0 Å². The van der Waals surface area contributed by atoms with Crippen LogP contribution >= 0.6 is 0 Å². The first-order valence-electron chi connectivity index (χ1n) is 20.3. The lowest BCUT2D eigenvalue weighted by molar-refractivity contribution is -0.135. The summed E-state index contributed by atoms with van der Waals surface area (Å²) >= 11 is 0. The number of aromatic nitrogens is 5. The van der Waals surface area contributed by atoms with E-state index in [1.165, 1.54) is 0 Å². The van der Waals surface area contributed by atoms with E-state index in [4.69, 9.17) is 5.10 Å². The van der Waals surface area contributed by atoms with Crippen molar-refractivity contribution in [2.45, 2.75) is 95.5 Å². The lowest BCUT2D eigenvalue weighted by Crippen LogP contribution is -2.44. The summed E-state index contributed by atoms with van der Waals surface area (Å²) in [5.74, 6) is -0.418. The lowest BCUT2D eigenvalue weighted by atomic mass is 9.85. The van der Waals surface area contributed by atoms with Gasteiger partial charge in [0.25, 0.3) is 5.91 Å². The Hall–Kier alpha value is -5.18. The van der Waals surface area contributed by atoms with Crippen LogP contribution in [0.15, 0.2) is 65.7 Å². The largest absolute Gasteiger partial charge is 0.386 e. The van der Waals surface area contributed by atoms with Crippen LogP contribution in [0, 0.1) is 5.92 Å². The highest BCUT2D eigenvalue weighted by Gasteiger charge is 2.33. The molecule has 57 heavy (non-hydrogen) atoms. The number of pyridine rings is 1. The van der Waals surface area contributed by atoms with Gasteiger partial charge in [-0.05, 0) is 121 Å². The molecule has 1 aliphatic carbocycles. The minimum atomic E-state index is -1.19. The number of hydrogen-bond acceptors (Lipinski definition) is 9. The first kappa shape index (κ1) is 38.7. The van der Waals surface area contributed by atoms with E-state index < -0.39 is 17.6 Å². The average molecular weight is 776 g/mol. The van der Waals surface area contributed by atoms with E-state index in [0.29, 0.717) is 41.4 Å². The van der Waals surface area contributed by atoms with Gasteiger partial charge in [0.15, 0.2) is 0 Å². The number of anilines is 1. The van der Waals surface area contributed by atoms with Crippen molar-refractivity contribution in [2.75, 3.05) is 32.0 Å². The van der Waals surface area contributed by atoms with Gasteiger partial charge < -0.3 is 15.3 Å². The average Bonchev–Trinajstić information content (AvgIpc) is 3.72. The molecule has 3 fully saturated rings. The number of nitrogens with one attached hydrogen (secondary N) is 2. The lowest BCUT2D eigenvalue weighted by Gasteiger charge is -2.39. The zero-order valence-electron chi connectivity index (χ0n) is 33.3. The fourth-order valence-corrected chi connectivity index (χ4v) is 9.36. The number of nitrogens with zero attached hydrogens (tertiary/aromatic N) is 7. The Balaban J connectivity index is 0.856. The fraction of sp³-hybridized carbons (Fsp3) is 0.488. The van der Waals surface area contributed by atoms with Gasteiger partial charge in [0, 0.05) is 61.6 Å². The molecule has 5 heterocycles. The van der Waals surface area contributed by atoms with Crippen molar-refractivity contribution < 1.29 is 19.5 Å². The van der Waals surface area contributed by atoms with Gasteiger partial charge in [-0.1, -0.05) is 18.2 Å². The first-order chi connectivity index (χ1) is 27.3. The number of hydrogen-bond donors (Lipinski definition) is 3. The molecule has 5 aromatic rings. The van der Waals surface area contributed by atoms with Crippen LogP contribution in [0.1, 0.15) is 98.9 Å². The Morgan fingerprint density at radius 3 is 2.47 bits per heavy atom. The number of carbonyl (C=O) groups excluding carboxylic acids is 3. The summed E-state index contributed by atoms with van der Waals surface area (Å²) in [6, 6.07) is 15.0. The smallest absolute Gasteiger partial charge is 0.329 e. The Kier molecular flexibility index (Phi) is 10.6. The number of para-hydroxylation sites is 1. The molecule has 0 spiro atoms. The molecule has 14 nitrogen and oxygen atoms in total. The predicted molar refractivity (Wildman–Crippen MR) is 218 cm³/mol. The second-order valence-electron chi connectivity index (χ2n) is 16.9. The maximum atomic E-state index is 13.4. The van der Waals surface area contributed by atoms with Crippen LogP contribution < -0.4 is 16.3 Å². The van der Waals surface area contributed by atoms with Gasteiger partial charge >= 0.3 is 5.69 Å². The van der Waals surface area contributed by atoms with E-state index in [9.17, 15) is 24.3 Å². The van der Waals surface area contributed by atoms with Crippen LogP contribution in [0.2, 0.25) is 0 Å². The molecule has 3 amide bonds. The zero-order valence-corrected chi connectivity index (χ0v) is 33.3. The number of imide groups is 1. The highest BCUT2D eigenvalue weighted by atomic mass is 16.3. The molecular weight excluding hydrogens is 723 g/mol. The van der Waals surface area contributed by atoms with Gasteiger partial charge in [0.2, 0.25) is 11.8 Å². The van der Waals surface area contributed by atoms with E-state index in [-0.39, 0.29) is 23.9 Å². The second-order valence-corrected chi connectivity index (χ2v) is 16.9.